The molecule has 2 aromatic carbocycles. The molecule has 0 aromatic heterocycles. The van der Waals surface area contributed by atoms with Crippen molar-refractivity contribution in [1.29, 1.82) is 0 Å². The van der Waals surface area contributed by atoms with Crippen molar-refractivity contribution in [2.24, 2.45) is 5.41 Å². The maximum Gasteiger partial charge on any atom is 0.253 e. The van der Waals surface area contributed by atoms with Crippen LogP contribution in [0.2, 0.25) is 10.0 Å². The molecule has 4 rings (SSSR count). The third kappa shape index (κ3) is 5.47. The molecule has 2 amide bonds. The van der Waals surface area contributed by atoms with E-state index in [4.69, 9.17) is 27.9 Å². The first-order chi connectivity index (χ1) is 15.9. The predicted molar refractivity (Wildman–Crippen MR) is 131 cm³/mol. The van der Waals surface area contributed by atoms with Gasteiger partial charge in [0.2, 0.25) is 5.91 Å². The summed E-state index contributed by atoms with van der Waals surface area (Å²) in [5.74, 6) is 0.993. The van der Waals surface area contributed by atoms with Crippen LogP contribution in [-0.2, 0) is 11.2 Å². The van der Waals surface area contributed by atoms with Gasteiger partial charge >= 0.3 is 0 Å². The Labute approximate surface area is 205 Å². The van der Waals surface area contributed by atoms with Crippen molar-refractivity contribution in [3.8, 4) is 5.75 Å². The third-order valence-corrected chi connectivity index (χ3v) is 7.36. The number of nitrogens with zero attached hydrogens (tertiary/aromatic N) is 2. The number of hydrogen-bond acceptors (Lipinski definition) is 3. The number of rotatable bonds is 1. The first kappa shape index (κ1) is 23.9. The molecule has 0 aliphatic carbocycles. The SMILES string of the molecule is CN1CCOc2ccccc2CCCCC2(CCN(C(=O)c3cc(Cl)cc(Cl)c3)CC2)C1=O. The van der Waals surface area contributed by atoms with E-state index in [9.17, 15) is 9.59 Å². The zero-order valence-corrected chi connectivity index (χ0v) is 20.5. The van der Waals surface area contributed by atoms with Gasteiger partial charge in [0.15, 0.2) is 0 Å². The second-order valence-corrected chi connectivity index (χ2v) is 9.99. The van der Waals surface area contributed by atoms with Crippen molar-refractivity contribution in [2.45, 2.75) is 38.5 Å². The number of amides is 2. The molecular weight excluding hydrogens is 459 g/mol. The quantitative estimate of drug-likeness (QED) is 0.533. The van der Waals surface area contributed by atoms with E-state index in [1.807, 2.05) is 30.1 Å². The van der Waals surface area contributed by atoms with Crippen LogP contribution in [0.25, 0.3) is 0 Å². The molecule has 33 heavy (non-hydrogen) atoms. The zero-order chi connectivity index (χ0) is 23.4. The van der Waals surface area contributed by atoms with Gasteiger partial charge in [0.1, 0.15) is 12.4 Å². The lowest BCUT2D eigenvalue weighted by atomic mass is 9.73. The molecule has 0 saturated carbocycles. The fourth-order valence-electron chi connectivity index (χ4n) is 5.00. The predicted octanol–water partition coefficient (Wildman–Crippen LogP) is 5.48. The van der Waals surface area contributed by atoms with Crippen LogP contribution in [0.4, 0.5) is 0 Å². The monoisotopic (exact) mass is 488 g/mol. The highest BCUT2D eigenvalue weighted by molar-refractivity contribution is 6.35. The van der Waals surface area contributed by atoms with Crippen LogP contribution in [0.1, 0.15) is 48.0 Å². The number of benzene rings is 2. The van der Waals surface area contributed by atoms with E-state index in [1.54, 1.807) is 23.1 Å². The molecule has 1 saturated heterocycles. The largest absolute Gasteiger partial charge is 0.491 e. The van der Waals surface area contributed by atoms with Gasteiger partial charge in [-0.2, -0.15) is 0 Å². The van der Waals surface area contributed by atoms with Gasteiger partial charge in [0.25, 0.3) is 5.91 Å². The van der Waals surface area contributed by atoms with Crippen molar-refractivity contribution in [1.82, 2.24) is 9.80 Å². The first-order valence-electron chi connectivity index (χ1n) is 11.6. The van der Waals surface area contributed by atoms with Gasteiger partial charge in [-0.3, -0.25) is 9.59 Å². The number of carbonyl (C=O) groups is 2. The van der Waals surface area contributed by atoms with Crippen LogP contribution in [0.15, 0.2) is 42.5 Å². The molecule has 2 aliphatic heterocycles. The van der Waals surface area contributed by atoms with Crippen molar-refractivity contribution < 1.29 is 14.3 Å². The topological polar surface area (TPSA) is 49.9 Å². The lowest BCUT2D eigenvalue weighted by Crippen LogP contribution is -2.51. The van der Waals surface area contributed by atoms with Crippen LogP contribution >= 0.6 is 23.2 Å². The van der Waals surface area contributed by atoms with Gasteiger partial charge in [0.05, 0.1) is 12.0 Å². The van der Waals surface area contributed by atoms with E-state index in [0.717, 1.165) is 31.4 Å². The van der Waals surface area contributed by atoms with Gasteiger partial charge < -0.3 is 14.5 Å². The Kier molecular flexibility index (Phi) is 7.50. The molecule has 2 aliphatic rings. The summed E-state index contributed by atoms with van der Waals surface area (Å²) in [6.45, 7) is 2.10. The summed E-state index contributed by atoms with van der Waals surface area (Å²) in [6, 6.07) is 13.1. The summed E-state index contributed by atoms with van der Waals surface area (Å²) in [5, 5.41) is 0.887. The van der Waals surface area contributed by atoms with E-state index in [2.05, 4.69) is 6.07 Å². The van der Waals surface area contributed by atoms with Crippen molar-refractivity contribution in [3.05, 3.63) is 63.6 Å². The Balaban J connectivity index is 1.46. The molecule has 0 unspecified atom stereocenters. The fraction of sp³-hybridized carbons (Fsp3) is 0.462. The molecule has 1 fully saturated rings. The summed E-state index contributed by atoms with van der Waals surface area (Å²) in [5.41, 5.74) is 1.28. The molecule has 2 aromatic rings. The summed E-state index contributed by atoms with van der Waals surface area (Å²) in [6.07, 6.45) is 5.07. The van der Waals surface area contributed by atoms with Crippen LogP contribution in [0.5, 0.6) is 5.75 Å². The standard InChI is InChI=1S/C26H30Cl2N2O3/c1-29-14-15-33-23-8-3-2-6-19(23)7-4-5-9-26(25(29)32)10-12-30(13-11-26)24(31)20-16-21(27)18-22(28)17-20/h2-3,6,8,16-18H,4-5,7,9-15H2,1H3. The number of ether oxygens (including phenoxy) is 1. The Morgan fingerprint density at radius 1 is 0.970 bits per heavy atom. The number of hydrogen-bond donors (Lipinski definition) is 0. The van der Waals surface area contributed by atoms with E-state index in [1.165, 1.54) is 5.56 Å². The van der Waals surface area contributed by atoms with E-state index >= 15 is 0 Å². The Morgan fingerprint density at radius 2 is 1.67 bits per heavy atom. The number of piperidine rings is 1. The number of likely N-dealkylation sites (N-methyl/N-ethyl adjacent to an activating group) is 1. The molecule has 7 heteroatoms. The zero-order valence-electron chi connectivity index (χ0n) is 19.0. The normalized spacial score (nSPS) is 19.3. The van der Waals surface area contributed by atoms with E-state index in [-0.39, 0.29) is 11.8 Å². The number of carbonyl (C=O) groups excluding carboxylic acids is 2. The fourth-order valence-corrected chi connectivity index (χ4v) is 5.52. The Hall–Kier alpha value is -2.24. The Bertz CT molecular complexity index is 998. The van der Waals surface area contributed by atoms with Gasteiger partial charge in [-0.05, 0) is 61.9 Å². The highest BCUT2D eigenvalue weighted by atomic mass is 35.5. The molecule has 0 N–H and O–H groups in total. The Morgan fingerprint density at radius 3 is 2.39 bits per heavy atom. The lowest BCUT2D eigenvalue weighted by molar-refractivity contribution is -0.144. The molecule has 0 atom stereocenters. The van der Waals surface area contributed by atoms with Crippen LogP contribution in [0.3, 0.4) is 0 Å². The number of likely N-dealkylation sites (tertiary alicyclic amines) is 1. The summed E-state index contributed by atoms with van der Waals surface area (Å²) in [7, 11) is 1.86. The van der Waals surface area contributed by atoms with E-state index < -0.39 is 5.41 Å². The average Bonchev–Trinajstić information content (AvgIpc) is 2.81. The molecule has 1 spiro atoms. The number of para-hydroxylation sites is 1. The van der Waals surface area contributed by atoms with Crippen LogP contribution < -0.4 is 4.74 Å². The highest BCUT2D eigenvalue weighted by Crippen LogP contribution is 2.39. The van der Waals surface area contributed by atoms with Crippen molar-refractivity contribution in [2.75, 3.05) is 33.3 Å². The van der Waals surface area contributed by atoms with Crippen molar-refractivity contribution in [3.63, 3.8) is 0 Å². The average molecular weight is 489 g/mol. The van der Waals surface area contributed by atoms with E-state index in [0.29, 0.717) is 54.7 Å². The van der Waals surface area contributed by atoms with Crippen LogP contribution in [-0.4, -0.2) is 54.9 Å². The third-order valence-electron chi connectivity index (χ3n) is 6.93. The molecule has 5 nitrogen and oxygen atoms in total. The minimum atomic E-state index is -0.434. The smallest absolute Gasteiger partial charge is 0.253 e. The van der Waals surface area contributed by atoms with Crippen LogP contribution in [0, 0.1) is 5.41 Å². The molecule has 2 heterocycles. The molecular formula is C26H30Cl2N2O3. The minimum Gasteiger partial charge on any atom is -0.491 e. The summed E-state index contributed by atoms with van der Waals surface area (Å²) in [4.78, 5) is 30.2. The van der Waals surface area contributed by atoms with Gasteiger partial charge in [0, 0.05) is 35.7 Å². The van der Waals surface area contributed by atoms with Crippen molar-refractivity contribution >= 4 is 35.0 Å². The second-order valence-electron chi connectivity index (χ2n) is 9.12. The number of fused-ring (bicyclic) bond motifs is 1. The van der Waals surface area contributed by atoms with Gasteiger partial charge in [-0.25, -0.2) is 0 Å². The molecule has 0 radical (unpaired) electrons. The maximum atomic E-state index is 13.6. The second kappa shape index (κ2) is 10.4. The molecule has 176 valence electrons. The van der Waals surface area contributed by atoms with Gasteiger partial charge in [-0.15, -0.1) is 0 Å². The first-order valence-corrected chi connectivity index (χ1v) is 12.4. The maximum absolute atomic E-state index is 13.6. The number of halogens is 2. The minimum absolute atomic E-state index is 0.0896. The molecule has 0 bridgehead atoms. The number of aryl methyl sites for hydroxylation is 1. The highest BCUT2D eigenvalue weighted by Gasteiger charge is 2.43. The lowest BCUT2D eigenvalue weighted by Gasteiger charge is -2.43. The van der Waals surface area contributed by atoms with Gasteiger partial charge in [-0.1, -0.05) is 47.8 Å². The summed E-state index contributed by atoms with van der Waals surface area (Å²) >= 11 is 12.2. The summed E-state index contributed by atoms with van der Waals surface area (Å²) < 4.78 is 6.00.